The molecule has 0 radical (unpaired) electrons. The number of benzene rings is 1. The smallest absolute Gasteiger partial charge is 0.326 e. The van der Waals surface area contributed by atoms with Crippen molar-refractivity contribution in [3.63, 3.8) is 0 Å². The summed E-state index contributed by atoms with van der Waals surface area (Å²) in [6.45, 7) is 1.92. The van der Waals surface area contributed by atoms with Crippen molar-refractivity contribution in [2.75, 3.05) is 0 Å². The Bertz CT molecular complexity index is 639. The average molecular weight is 293 g/mol. The molecule has 3 nitrogen and oxygen atoms in total. The van der Waals surface area contributed by atoms with Crippen molar-refractivity contribution in [3.8, 4) is 0 Å². The molecule has 2 aliphatic rings. The molecule has 0 spiro atoms. The molecule has 0 aliphatic heterocycles. The van der Waals surface area contributed by atoms with E-state index in [1.54, 1.807) is 0 Å². The van der Waals surface area contributed by atoms with Gasteiger partial charge in [-0.15, -0.1) is 0 Å². The molecule has 2 bridgehead atoms. The van der Waals surface area contributed by atoms with Crippen LogP contribution in [0.3, 0.4) is 0 Å². The fraction of sp³-hybridized carbons (Fsp3) is 0.438. The van der Waals surface area contributed by atoms with Gasteiger partial charge < -0.3 is 10.4 Å². The van der Waals surface area contributed by atoms with Crippen LogP contribution in [0.1, 0.15) is 49.7 Å². The lowest BCUT2D eigenvalue weighted by molar-refractivity contribution is -0.139. The summed E-state index contributed by atoms with van der Waals surface area (Å²) in [6.07, 6.45) is 2.58. The van der Waals surface area contributed by atoms with Crippen molar-refractivity contribution in [1.82, 2.24) is 5.32 Å². The molecule has 0 fully saturated rings. The first-order valence-electron chi connectivity index (χ1n) is 7.22. The van der Waals surface area contributed by atoms with Crippen LogP contribution < -0.4 is 5.32 Å². The lowest BCUT2D eigenvalue weighted by Gasteiger charge is -2.22. The number of hydrogen-bond acceptors (Lipinski definition) is 2. The highest BCUT2D eigenvalue weighted by Gasteiger charge is 2.39. The Kier molecular flexibility index (Phi) is 3.43. The molecule has 1 aromatic carbocycles. The van der Waals surface area contributed by atoms with Crippen molar-refractivity contribution in [2.24, 2.45) is 0 Å². The Labute approximate surface area is 121 Å². The first kappa shape index (κ1) is 14.0. The van der Waals surface area contributed by atoms with Crippen molar-refractivity contribution in [1.29, 1.82) is 0 Å². The van der Waals surface area contributed by atoms with E-state index in [2.05, 4.69) is 5.32 Å². The first-order chi connectivity index (χ1) is 10.0. The minimum atomic E-state index is -0.896. The number of fused-ring (bicyclic) bond motifs is 5. The summed E-state index contributed by atoms with van der Waals surface area (Å²) >= 11 is 0. The molecule has 2 N–H and O–H groups in total. The van der Waals surface area contributed by atoms with Gasteiger partial charge in [0.15, 0.2) is 0 Å². The Morgan fingerprint density at radius 3 is 2.86 bits per heavy atom. The van der Waals surface area contributed by atoms with E-state index in [-0.39, 0.29) is 5.92 Å². The van der Waals surface area contributed by atoms with Crippen LogP contribution in [-0.2, 0) is 4.79 Å². The van der Waals surface area contributed by atoms with E-state index >= 15 is 0 Å². The predicted molar refractivity (Wildman–Crippen MR) is 74.7 cm³/mol. The monoisotopic (exact) mass is 293 g/mol. The fourth-order valence-electron chi connectivity index (χ4n) is 3.42. The van der Waals surface area contributed by atoms with Crippen LogP contribution in [0, 0.1) is 11.6 Å². The second kappa shape index (κ2) is 5.13. The Morgan fingerprint density at radius 2 is 2.19 bits per heavy atom. The van der Waals surface area contributed by atoms with Crippen LogP contribution in [0.4, 0.5) is 8.78 Å². The predicted octanol–water partition coefficient (Wildman–Crippen LogP) is 3.41. The minimum absolute atomic E-state index is 0.0683. The van der Waals surface area contributed by atoms with Crippen molar-refractivity contribution >= 4 is 11.5 Å². The van der Waals surface area contributed by atoms with Gasteiger partial charge in [0.05, 0.1) is 0 Å². The number of hydrogen-bond donors (Lipinski definition) is 2. The number of nitrogens with one attached hydrogen (secondary N) is 1. The molecule has 2 unspecified atom stereocenters. The normalized spacial score (nSPS) is 20.6. The average Bonchev–Trinajstić information content (AvgIpc) is 2.95. The lowest BCUT2D eigenvalue weighted by atomic mass is 9.93. The first-order valence-corrected chi connectivity index (χ1v) is 7.22. The quantitative estimate of drug-likeness (QED) is 0.874. The van der Waals surface area contributed by atoms with Gasteiger partial charge in [-0.25, -0.2) is 13.6 Å². The zero-order valence-corrected chi connectivity index (χ0v) is 11.7. The topological polar surface area (TPSA) is 49.3 Å². The van der Waals surface area contributed by atoms with Gasteiger partial charge in [-0.1, -0.05) is 13.3 Å². The van der Waals surface area contributed by atoms with Crippen LogP contribution in [0.15, 0.2) is 17.8 Å². The maximum Gasteiger partial charge on any atom is 0.326 e. The van der Waals surface area contributed by atoms with Crippen LogP contribution >= 0.6 is 0 Å². The van der Waals surface area contributed by atoms with Gasteiger partial charge in [-0.3, -0.25) is 0 Å². The van der Waals surface area contributed by atoms with E-state index in [0.717, 1.165) is 29.3 Å². The van der Waals surface area contributed by atoms with Gasteiger partial charge >= 0.3 is 5.97 Å². The number of carboxylic acids is 1. The summed E-state index contributed by atoms with van der Waals surface area (Å²) in [7, 11) is 0. The highest BCUT2D eigenvalue weighted by Crippen LogP contribution is 2.52. The SMILES string of the molecule is CCCC(NC1=C2CC(C1)c1cc(F)cc(F)c12)C(=O)O. The Morgan fingerprint density at radius 1 is 1.43 bits per heavy atom. The van der Waals surface area contributed by atoms with Crippen LogP contribution in [-0.4, -0.2) is 17.1 Å². The van der Waals surface area contributed by atoms with E-state index in [1.165, 1.54) is 6.07 Å². The second-order valence-corrected chi connectivity index (χ2v) is 5.74. The Hall–Kier alpha value is -1.91. The summed E-state index contributed by atoms with van der Waals surface area (Å²) in [5.74, 6) is -1.93. The van der Waals surface area contributed by atoms with E-state index in [1.807, 2.05) is 6.92 Å². The zero-order chi connectivity index (χ0) is 15.1. The van der Waals surface area contributed by atoms with E-state index < -0.39 is 23.6 Å². The van der Waals surface area contributed by atoms with Gasteiger partial charge in [0.25, 0.3) is 0 Å². The van der Waals surface area contributed by atoms with Gasteiger partial charge in [0.2, 0.25) is 0 Å². The number of carbonyl (C=O) groups is 1. The number of aliphatic carboxylic acids is 1. The molecule has 0 amide bonds. The molecule has 2 atom stereocenters. The molecule has 0 aromatic heterocycles. The third-order valence-corrected chi connectivity index (χ3v) is 4.32. The van der Waals surface area contributed by atoms with Crippen LogP contribution in [0.25, 0.3) is 5.57 Å². The maximum absolute atomic E-state index is 14.0. The molecule has 112 valence electrons. The third kappa shape index (κ3) is 2.30. The summed E-state index contributed by atoms with van der Waals surface area (Å²) in [4.78, 5) is 11.2. The highest BCUT2D eigenvalue weighted by molar-refractivity contribution is 5.81. The maximum atomic E-state index is 14.0. The largest absolute Gasteiger partial charge is 0.480 e. The summed E-state index contributed by atoms with van der Waals surface area (Å²) in [6, 6.07) is 1.64. The van der Waals surface area contributed by atoms with Gasteiger partial charge in [0.1, 0.15) is 17.7 Å². The number of carboxylic acid groups (broad SMARTS) is 1. The summed E-state index contributed by atoms with van der Waals surface area (Å²) in [5.41, 5.74) is 2.81. The van der Waals surface area contributed by atoms with Crippen molar-refractivity contribution < 1.29 is 18.7 Å². The standard InChI is InChI=1S/C16H17F2NO2/c1-2-3-13(16(20)21)19-14-5-8-4-11(14)15-10(8)6-9(17)7-12(15)18/h6-8,13,19H,2-5H2,1H3,(H,20,21). The molecule has 5 heteroatoms. The van der Waals surface area contributed by atoms with Crippen molar-refractivity contribution in [3.05, 3.63) is 40.6 Å². The van der Waals surface area contributed by atoms with E-state index in [4.69, 9.17) is 0 Å². The fourth-order valence-corrected chi connectivity index (χ4v) is 3.42. The molecule has 1 aromatic rings. The molecule has 0 heterocycles. The van der Waals surface area contributed by atoms with Gasteiger partial charge in [0, 0.05) is 17.3 Å². The minimum Gasteiger partial charge on any atom is -0.480 e. The molecule has 0 saturated carbocycles. The van der Waals surface area contributed by atoms with Crippen molar-refractivity contribution in [2.45, 2.75) is 44.6 Å². The zero-order valence-electron chi connectivity index (χ0n) is 11.7. The second-order valence-electron chi connectivity index (χ2n) is 5.74. The molecule has 21 heavy (non-hydrogen) atoms. The van der Waals surface area contributed by atoms with Gasteiger partial charge in [-0.2, -0.15) is 0 Å². The molecular weight excluding hydrogens is 276 g/mol. The summed E-state index contributed by atoms with van der Waals surface area (Å²) in [5, 5.41) is 12.3. The Balaban J connectivity index is 1.94. The van der Waals surface area contributed by atoms with E-state index in [9.17, 15) is 18.7 Å². The molecular formula is C16H17F2NO2. The van der Waals surface area contributed by atoms with E-state index in [0.29, 0.717) is 24.8 Å². The van der Waals surface area contributed by atoms with Gasteiger partial charge in [-0.05, 0) is 42.4 Å². The number of halogens is 2. The molecule has 3 rings (SSSR count). The highest BCUT2D eigenvalue weighted by atomic mass is 19.1. The van der Waals surface area contributed by atoms with Crippen LogP contribution in [0.2, 0.25) is 0 Å². The summed E-state index contributed by atoms with van der Waals surface area (Å²) < 4.78 is 27.3. The lowest BCUT2D eigenvalue weighted by Crippen LogP contribution is -2.36. The number of rotatable bonds is 5. The molecule has 0 saturated heterocycles. The van der Waals surface area contributed by atoms with Crippen LogP contribution in [0.5, 0.6) is 0 Å². The number of allylic oxidation sites excluding steroid dienone is 2. The third-order valence-electron chi connectivity index (χ3n) is 4.32. The molecule has 2 aliphatic carbocycles.